The average molecular weight is 559 g/mol. The Bertz CT molecular complexity index is 1360. The van der Waals surface area contributed by atoms with Crippen LogP contribution in [-0.2, 0) is 25.7 Å². The molecule has 9 heteroatoms. The number of ketones is 2. The van der Waals surface area contributed by atoms with E-state index in [0.29, 0.717) is 25.1 Å². The van der Waals surface area contributed by atoms with Crippen molar-refractivity contribution in [1.29, 1.82) is 0 Å². The first-order valence-electron chi connectivity index (χ1n) is 14.3. The maximum absolute atomic E-state index is 13.6. The maximum atomic E-state index is 13.6. The Balaban J connectivity index is 1.49. The lowest BCUT2D eigenvalue weighted by atomic mass is 9.88. The second kappa shape index (κ2) is 13.9. The van der Waals surface area contributed by atoms with Crippen molar-refractivity contribution in [2.24, 2.45) is 17.8 Å². The van der Waals surface area contributed by atoms with Gasteiger partial charge in [-0.3, -0.25) is 24.0 Å². The SMILES string of the molecule is CC(C)C[C@H](CC(=O)c1cc2ccccc2[nH]1)C(=O)N[C@@H](C[C@@H]1CCCNC1=O)C(=O)C(=O)NCc1ccccc1. The largest absolute Gasteiger partial charge is 0.356 e. The predicted octanol–water partition coefficient (Wildman–Crippen LogP) is 3.69. The zero-order valence-corrected chi connectivity index (χ0v) is 23.6. The molecule has 4 N–H and O–H groups in total. The topological polar surface area (TPSA) is 137 Å². The number of hydrogen-bond donors (Lipinski definition) is 4. The molecule has 3 atom stereocenters. The number of fused-ring (bicyclic) bond motifs is 1. The fourth-order valence-electron chi connectivity index (χ4n) is 5.30. The van der Waals surface area contributed by atoms with Gasteiger partial charge >= 0.3 is 0 Å². The Labute approximate surface area is 239 Å². The van der Waals surface area contributed by atoms with Crippen molar-refractivity contribution in [1.82, 2.24) is 20.9 Å². The lowest BCUT2D eigenvalue weighted by Gasteiger charge is -2.27. The molecule has 0 bridgehead atoms. The van der Waals surface area contributed by atoms with Crippen molar-refractivity contribution in [3.05, 3.63) is 71.9 Å². The maximum Gasteiger partial charge on any atom is 0.289 e. The number of aromatic amines is 1. The van der Waals surface area contributed by atoms with Crippen LogP contribution in [-0.4, -0.2) is 46.9 Å². The number of amides is 3. The Kier molecular flexibility index (Phi) is 10.1. The van der Waals surface area contributed by atoms with E-state index in [1.807, 2.05) is 68.4 Å². The van der Waals surface area contributed by atoms with Crippen molar-refractivity contribution in [3.8, 4) is 0 Å². The van der Waals surface area contributed by atoms with Crippen LogP contribution in [0.4, 0.5) is 0 Å². The normalized spacial score (nSPS) is 16.6. The molecular weight excluding hydrogens is 520 g/mol. The first kappa shape index (κ1) is 29.7. The van der Waals surface area contributed by atoms with E-state index in [-0.39, 0.29) is 37.0 Å². The second-order valence-electron chi connectivity index (χ2n) is 11.2. The minimum atomic E-state index is -1.19. The Morgan fingerprint density at radius 2 is 1.73 bits per heavy atom. The lowest BCUT2D eigenvalue weighted by Crippen LogP contribution is -2.51. The van der Waals surface area contributed by atoms with Gasteiger partial charge in [0.05, 0.1) is 11.7 Å². The molecule has 9 nitrogen and oxygen atoms in total. The minimum absolute atomic E-state index is 0.0134. The highest BCUT2D eigenvalue weighted by molar-refractivity contribution is 6.38. The van der Waals surface area contributed by atoms with Crippen LogP contribution in [0.2, 0.25) is 0 Å². The summed E-state index contributed by atoms with van der Waals surface area (Å²) in [5.74, 6) is -3.63. The van der Waals surface area contributed by atoms with Gasteiger partial charge < -0.3 is 20.9 Å². The van der Waals surface area contributed by atoms with Crippen LogP contribution >= 0.6 is 0 Å². The van der Waals surface area contributed by atoms with Crippen LogP contribution in [0.15, 0.2) is 60.7 Å². The van der Waals surface area contributed by atoms with Crippen molar-refractivity contribution in [2.45, 2.75) is 58.5 Å². The van der Waals surface area contributed by atoms with Crippen LogP contribution in [0.25, 0.3) is 10.9 Å². The molecule has 0 unspecified atom stereocenters. The van der Waals surface area contributed by atoms with E-state index in [4.69, 9.17) is 0 Å². The minimum Gasteiger partial charge on any atom is -0.356 e. The van der Waals surface area contributed by atoms with Gasteiger partial charge in [-0.2, -0.15) is 0 Å². The molecule has 1 saturated heterocycles. The van der Waals surface area contributed by atoms with Crippen LogP contribution in [0.1, 0.15) is 62.0 Å². The van der Waals surface area contributed by atoms with E-state index in [9.17, 15) is 24.0 Å². The van der Waals surface area contributed by atoms with E-state index in [2.05, 4.69) is 20.9 Å². The first-order valence-corrected chi connectivity index (χ1v) is 14.3. The van der Waals surface area contributed by atoms with Gasteiger partial charge in [0.1, 0.15) is 0 Å². The van der Waals surface area contributed by atoms with Gasteiger partial charge in [0.15, 0.2) is 5.78 Å². The third kappa shape index (κ3) is 8.13. The summed E-state index contributed by atoms with van der Waals surface area (Å²) in [7, 11) is 0. The summed E-state index contributed by atoms with van der Waals surface area (Å²) in [5, 5.41) is 9.09. The number of rotatable bonds is 13. The summed E-state index contributed by atoms with van der Waals surface area (Å²) < 4.78 is 0. The molecule has 1 fully saturated rings. The highest BCUT2D eigenvalue weighted by Gasteiger charge is 2.35. The number of benzene rings is 2. The number of piperidine rings is 1. The summed E-state index contributed by atoms with van der Waals surface area (Å²) >= 11 is 0. The number of Topliss-reactive ketones (excluding diaryl/α,β-unsaturated/α-hetero) is 2. The van der Waals surface area contributed by atoms with E-state index in [0.717, 1.165) is 22.9 Å². The standard InChI is InChI=1S/C32H38N4O5/c1-20(2)15-24(18-28(37)26-16-22-11-6-7-13-25(22)35-26)31(40)36-27(17-23-12-8-14-33-30(23)39)29(38)32(41)34-19-21-9-4-3-5-10-21/h3-7,9-11,13,16,20,23-24,27,35H,8,12,14-15,17-19H2,1-2H3,(H,33,39)(H,34,41)(H,36,40)/t23-,24+,27-/m0/s1. The molecule has 3 amide bonds. The molecule has 0 aliphatic carbocycles. The molecule has 1 aliphatic rings. The third-order valence-corrected chi connectivity index (χ3v) is 7.46. The summed E-state index contributed by atoms with van der Waals surface area (Å²) in [6.07, 6.45) is 1.69. The van der Waals surface area contributed by atoms with Gasteiger partial charge in [0.2, 0.25) is 17.6 Å². The summed E-state index contributed by atoms with van der Waals surface area (Å²) in [6, 6.07) is 17.3. The van der Waals surface area contributed by atoms with E-state index in [1.165, 1.54) is 0 Å². The Morgan fingerprint density at radius 3 is 2.44 bits per heavy atom. The van der Waals surface area contributed by atoms with Gasteiger partial charge in [-0.05, 0) is 49.3 Å². The zero-order valence-electron chi connectivity index (χ0n) is 23.6. The number of nitrogens with one attached hydrogen (secondary N) is 4. The Morgan fingerprint density at radius 1 is 1.00 bits per heavy atom. The summed E-state index contributed by atoms with van der Waals surface area (Å²) in [6.45, 7) is 4.63. The fraction of sp³-hybridized carbons (Fsp3) is 0.406. The highest BCUT2D eigenvalue weighted by Crippen LogP contribution is 2.23. The molecule has 0 saturated carbocycles. The zero-order chi connectivity index (χ0) is 29.4. The average Bonchev–Trinajstić information content (AvgIpc) is 3.41. The van der Waals surface area contributed by atoms with Gasteiger partial charge in [0.25, 0.3) is 5.91 Å². The van der Waals surface area contributed by atoms with Gasteiger partial charge in [-0.1, -0.05) is 62.4 Å². The van der Waals surface area contributed by atoms with Crippen molar-refractivity contribution >= 4 is 40.2 Å². The molecule has 216 valence electrons. The molecule has 2 aromatic carbocycles. The molecule has 3 aromatic rings. The fourth-order valence-corrected chi connectivity index (χ4v) is 5.30. The number of H-pyrrole nitrogens is 1. The first-order chi connectivity index (χ1) is 19.7. The molecular formula is C32H38N4O5. The van der Waals surface area contributed by atoms with Crippen LogP contribution in [0, 0.1) is 17.8 Å². The van der Waals surface area contributed by atoms with Crippen molar-refractivity contribution in [3.63, 3.8) is 0 Å². The number of para-hydroxylation sites is 1. The number of aromatic nitrogens is 1. The van der Waals surface area contributed by atoms with E-state index < -0.39 is 35.5 Å². The molecule has 1 aliphatic heterocycles. The molecule has 0 spiro atoms. The molecule has 1 aromatic heterocycles. The third-order valence-electron chi connectivity index (χ3n) is 7.46. The van der Waals surface area contributed by atoms with Crippen LogP contribution < -0.4 is 16.0 Å². The molecule has 4 rings (SSSR count). The number of hydrogen-bond acceptors (Lipinski definition) is 5. The monoisotopic (exact) mass is 558 g/mol. The molecule has 2 heterocycles. The number of carbonyl (C=O) groups is 5. The van der Waals surface area contributed by atoms with Crippen molar-refractivity contribution in [2.75, 3.05) is 6.54 Å². The predicted molar refractivity (Wildman–Crippen MR) is 156 cm³/mol. The molecule has 41 heavy (non-hydrogen) atoms. The second-order valence-corrected chi connectivity index (χ2v) is 11.2. The molecule has 0 radical (unpaired) electrons. The van der Waals surface area contributed by atoms with Crippen LogP contribution in [0.5, 0.6) is 0 Å². The van der Waals surface area contributed by atoms with Crippen LogP contribution in [0.3, 0.4) is 0 Å². The number of carbonyl (C=O) groups excluding carboxylic acids is 5. The van der Waals surface area contributed by atoms with Gasteiger partial charge in [-0.15, -0.1) is 0 Å². The highest BCUT2D eigenvalue weighted by atomic mass is 16.2. The quantitative estimate of drug-likeness (QED) is 0.187. The summed E-state index contributed by atoms with van der Waals surface area (Å²) in [5.41, 5.74) is 2.08. The van der Waals surface area contributed by atoms with Gasteiger partial charge in [-0.25, -0.2) is 0 Å². The van der Waals surface area contributed by atoms with Gasteiger partial charge in [0, 0.05) is 42.2 Å². The smallest absolute Gasteiger partial charge is 0.289 e. The Hall–Kier alpha value is -4.27. The summed E-state index contributed by atoms with van der Waals surface area (Å²) in [4.78, 5) is 68.7. The van der Waals surface area contributed by atoms with E-state index >= 15 is 0 Å². The van der Waals surface area contributed by atoms with Crippen molar-refractivity contribution < 1.29 is 24.0 Å². The van der Waals surface area contributed by atoms with E-state index in [1.54, 1.807) is 6.07 Å². The lowest BCUT2D eigenvalue weighted by molar-refractivity contribution is -0.141.